The SMILES string of the molecule is O=C(/C=C/c1ccc2c(c1)OCO2)NCCc1csc2nc(-c3ccc(F)cc3)nn12. The fourth-order valence-corrected chi connectivity index (χ4v) is 4.04. The molecule has 2 aromatic carbocycles. The summed E-state index contributed by atoms with van der Waals surface area (Å²) in [6.07, 6.45) is 3.82. The van der Waals surface area contributed by atoms with E-state index in [-0.39, 0.29) is 18.5 Å². The van der Waals surface area contributed by atoms with Crippen LogP contribution in [0.5, 0.6) is 11.5 Å². The average Bonchev–Trinajstić information content (AvgIpc) is 3.49. The molecule has 2 aromatic heterocycles. The van der Waals surface area contributed by atoms with E-state index in [0.717, 1.165) is 21.8 Å². The van der Waals surface area contributed by atoms with Crippen LogP contribution in [0.4, 0.5) is 4.39 Å². The number of rotatable bonds is 6. The maximum absolute atomic E-state index is 13.1. The summed E-state index contributed by atoms with van der Waals surface area (Å²) < 4.78 is 25.5. The maximum atomic E-state index is 13.1. The van der Waals surface area contributed by atoms with Gasteiger partial charge in [-0.15, -0.1) is 16.4 Å². The minimum Gasteiger partial charge on any atom is -0.454 e. The van der Waals surface area contributed by atoms with E-state index in [9.17, 15) is 9.18 Å². The molecule has 0 bridgehead atoms. The third-order valence-corrected chi connectivity index (χ3v) is 5.62. The van der Waals surface area contributed by atoms with Crippen molar-refractivity contribution < 1.29 is 18.7 Å². The summed E-state index contributed by atoms with van der Waals surface area (Å²) in [7, 11) is 0. The van der Waals surface area contributed by atoms with Gasteiger partial charge in [-0.1, -0.05) is 6.07 Å². The molecule has 0 atom stereocenters. The fraction of sp³-hybridized carbons (Fsp3) is 0.136. The van der Waals surface area contributed by atoms with Crippen LogP contribution < -0.4 is 14.8 Å². The molecule has 156 valence electrons. The van der Waals surface area contributed by atoms with Crippen LogP contribution in [0.3, 0.4) is 0 Å². The van der Waals surface area contributed by atoms with Crippen molar-refractivity contribution >= 4 is 28.3 Å². The van der Waals surface area contributed by atoms with Crippen LogP contribution in [0.1, 0.15) is 11.3 Å². The highest BCUT2D eigenvalue weighted by Gasteiger charge is 2.13. The van der Waals surface area contributed by atoms with Gasteiger partial charge in [-0.25, -0.2) is 8.91 Å². The van der Waals surface area contributed by atoms with Gasteiger partial charge in [0.05, 0.1) is 5.69 Å². The van der Waals surface area contributed by atoms with Gasteiger partial charge in [0, 0.05) is 30.0 Å². The van der Waals surface area contributed by atoms with Gasteiger partial charge in [-0.05, 0) is 48.0 Å². The number of nitrogens with zero attached hydrogens (tertiary/aromatic N) is 3. The largest absolute Gasteiger partial charge is 0.454 e. The molecule has 1 aliphatic heterocycles. The minimum atomic E-state index is -0.297. The Kier molecular flexibility index (Phi) is 5.09. The lowest BCUT2D eigenvalue weighted by Crippen LogP contribution is -2.23. The van der Waals surface area contributed by atoms with Crippen LogP contribution in [0.2, 0.25) is 0 Å². The van der Waals surface area contributed by atoms with E-state index < -0.39 is 0 Å². The number of benzene rings is 2. The van der Waals surface area contributed by atoms with Crippen molar-refractivity contribution in [2.24, 2.45) is 0 Å². The molecule has 0 unspecified atom stereocenters. The summed E-state index contributed by atoms with van der Waals surface area (Å²) in [4.78, 5) is 17.4. The van der Waals surface area contributed by atoms with Crippen LogP contribution in [0.25, 0.3) is 22.4 Å². The predicted octanol–water partition coefficient (Wildman–Crippen LogP) is 3.70. The zero-order valence-corrected chi connectivity index (χ0v) is 17.1. The third kappa shape index (κ3) is 4.13. The van der Waals surface area contributed by atoms with E-state index in [0.29, 0.717) is 30.3 Å². The zero-order valence-electron chi connectivity index (χ0n) is 16.2. The van der Waals surface area contributed by atoms with Gasteiger partial charge in [0.1, 0.15) is 5.82 Å². The van der Waals surface area contributed by atoms with Crippen molar-refractivity contribution in [2.45, 2.75) is 6.42 Å². The molecule has 7 nitrogen and oxygen atoms in total. The summed E-state index contributed by atoms with van der Waals surface area (Å²) >= 11 is 1.48. The van der Waals surface area contributed by atoms with E-state index in [2.05, 4.69) is 15.4 Å². The van der Waals surface area contributed by atoms with E-state index >= 15 is 0 Å². The predicted molar refractivity (Wildman–Crippen MR) is 115 cm³/mol. The molecule has 31 heavy (non-hydrogen) atoms. The number of carbonyl (C=O) groups is 1. The lowest BCUT2D eigenvalue weighted by molar-refractivity contribution is -0.116. The topological polar surface area (TPSA) is 77.8 Å². The Morgan fingerprint density at radius 3 is 2.90 bits per heavy atom. The smallest absolute Gasteiger partial charge is 0.244 e. The molecule has 5 rings (SSSR count). The number of ether oxygens (including phenoxy) is 2. The number of hydrogen-bond acceptors (Lipinski definition) is 6. The van der Waals surface area contributed by atoms with Crippen LogP contribution in [0.15, 0.2) is 53.9 Å². The molecule has 4 aromatic rings. The summed E-state index contributed by atoms with van der Waals surface area (Å²) in [5.41, 5.74) is 2.56. The number of nitrogens with one attached hydrogen (secondary N) is 1. The highest BCUT2D eigenvalue weighted by Crippen LogP contribution is 2.32. The summed E-state index contributed by atoms with van der Waals surface area (Å²) in [5.74, 6) is 1.45. The Balaban J connectivity index is 1.19. The van der Waals surface area contributed by atoms with E-state index in [1.807, 2.05) is 23.6 Å². The fourth-order valence-electron chi connectivity index (χ4n) is 3.18. The number of halogens is 1. The van der Waals surface area contributed by atoms with Crippen LogP contribution in [-0.2, 0) is 11.2 Å². The highest BCUT2D eigenvalue weighted by atomic mass is 32.1. The molecule has 0 spiro atoms. The molecule has 0 radical (unpaired) electrons. The monoisotopic (exact) mass is 436 g/mol. The quantitative estimate of drug-likeness (QED) is 0.467. The second-order valence-corrected chi connectivity index (χ2v) is 7.69. The molecule has 3 heterocycles. The molecule has 1 N–H and O–H groups in total. The standard InChI is InChI=1S/C22H17FN4O3S/c23-16-5-3-15(4-6-16)21-25-22-27(26-21)17(12-31-22)9-10-24-20(28)8-2-14-1-7-18-19(11-14)30-13-29-18/h1-8,11-12H,9-10,13H2,(H,24,28)/b8-2+. The summed E-state index contributed by atoms with van der Waals surface area (Å²) in [6.45, 7) is 0.678. The van der Waals surface area contributed by atoms with Gasteiger partial charge in [0.15, 0.2) is 17.3 Å². The van der Waals surface area contributed by atoms with Crippen LogP contribution in [0, 0.1) is 5.82 Å². The van der Waals surface area contributed by atoms with Crippen molar-refractivity contribution in [2.75, 3.05) is 13.3 Å². The van der Waals surface area contributed by atoms with Crippen LogP contribution >= 0.6 is 11.3 Å². The molecule has 9 heteroatoms. The number of thiazole rings is 1. The third-order valence-electron chi connectivity index (χ3n) is 4.76. The van der Waals surface area contributed by atoms with Crippen molar-refractivity contribution in [1.82, 2.24) is 19.9 Å². The molecule has 0 saturated heterocycles. The van der Waals surface area contributed by atoms with Gasteiger partial charge in [0.2, 0.25) is 17.7 Å². The van der Waals surface area contributed by atoms with E-state index in [4.69, 9.17) is 9.47 Å². The van der Waals surface area contributed by atoms with Gasteiger partial charge in [-0.3, -0.25) is 4.79 Å². The normalized spacial score (nSPS) is 12.7. The lowest BCUT2D eigenvalue weighted by atomic mass is 10.2. The molecule has 0 saturated carbocycles. The second kappa shape index (κ2) is 8.19. The first-order chi connectivity index (χ1) is 15.2. The number of carbonyl (C=O) groups excluding carboxylic acids is 1. The van der Waals surface area contributed by atoms with Crippen LogP contribution in [-0.4, -0.2) is 33.8 Å². The maximum Gasteiger partial charge on any atom is 0.244 e. The van der Waals surface area contributed by atoms with Crippen molar-refractivity contribution in [3.05, 3.63) is 71.0 Å². The number of hydrogen-bond donors (Lipinski definition) is 1. The van der Waals surface area contributed by atoms with Crippen molar-refractivity contribution in [3.8, 4) is 22.9 Å². The molecular formula is C22H17FN4O3S. The van der Waals surface area contributed by atoms with E-state index in [1.54, 1.807) is 22.7 Å². The first-order valence-corrected chi connectivity index (χ1v) is 10.5. The highest BCUT2D eigenvalue weighted by molar-refractivity contribution is 7.15. The molecule has 1 amide bonds. The van der Waals surface area contributed by atoms with Gasteiger partial charge >= 0.3 is 0 Å². The summed E-state index contributed by atoms with van der Waals surface area (Å²) in [6, 6.07) is 11.6. The molecule has 0 aliphatic carbocycles. The minimum absolute atomic E-state index is 0.185. The molecule has 1 aliphatic rings. The summed E-state index contributed by atoms with van der Waals surface area (Å²) in [5, 5.41) is 9.36. The lowest BCUT2D eigenvalue weighted by Gasteiger charge is -2.02. The molecule has 0 fully saturated rings. The van der Waals surface area contributed by atoms with Gasteiger partial charge in [-0.2, -0.15) is 4.98 Å². The van der Waals surface area contributed by atoms with Crippen molar-refractivity contribution in [1.29, 1.82) is 0 Å². The Morgan fingerprint density at radius 2 is 2.03 bits per heavy atom. The Bertz CT molecular complexity index is 1280. The first-order valence-electron chi connectivity index (χ1n) is 9.60. The second-order valence-electron chi connectivity index (χ2n) is 6.85. The Labute approximate surface area is 180 Å². The molecular weight excluding hydrogens is 419 g/mol. The Hall–Kier alpha value is -3.72. The first kappa shape index (κ1) is 19.3. The number of amides is 1. The van der Waals surface area contributed by atoms with Gasteiger partial charge in [0.25, 0.3) is 0 Å². The number of fused-ring (bicyclic) bond motifs is 2. The van der Waals surface area contributed by atoms with Gasteiger partial charge < -0.3 is 14.8 Å². The Morgan fingerprint density at radius 1 is 1.19 bits per heavy atom. The number of aromatic nitrogens is 3. The zero-order chi connectivity index (χ0) is 21.2. The average molecular weight is 436 g/mol. The van der Waals surface area contributed by atoms with E-state index in [1.165, 1.54) is 29.5 Å². The van der Waals surface area contributed by atoms with Crippen molar-refractivity contribution in [3.63, 3.8) is 0 Å².